The zero-order chi connectivity index (χ0) is 20.1. The third kappa shape index (κ3) is 4.12. The molecule has 0 aliphatic heterocycles. The van der Waals surface area contributed by atoms with Crippen LogP contribution in [0.5, 0.6) is 0 Å². The van der Waals surface area contributed by atoms with Crippen LogP contribution in [0.4, 0.5) is 4.39 Å². The molecule has 1 fully saturated rings. The molecule has 0 amide bonds. The summed E-state index contributed by atoms with van der Waals surface area (Å²) in [5.74, 6) is -0.254. The van der Waals surface area contributed by atoms with Crippen LogP contribution in [-0.2, 0) is 16.0 Å². The molecule has 1 saturated carbocycles. The third-order valence-corrected chi connectivity index (χ3v) is 5.23. The number of benzene rings is 1. The molecule has 0 unspecified atom stereocenters. The van der Waals surface area contributed by atoms with Gasteiger partial charge in [-0.1, -0.05) is 30.2 Å². The molecule has 3 rings (SSSR count). The summed E-state index contributed by atoms with van der Waals surface area (Å²) in [6.45, 7) is 4.06. The summed E-state index contributed by atoms with van der Waals surface area (Å²) >= 11 is 0. The van der Waals surface area contributed by atoms with Crippen molar-refractivity contribution in [1.29, 1.82) is 0 Å². The van der Waals surface area contributed by atoms with Crippen LogP contribution in [0.1, 0.15) is 32.3 Å². The van der Waals surface area contributed by atoms with E-state index in [1.807, 2.05) is 31.2 Å². The monoisotopic (exact) mass is 383 g/mol. The van der Waals surface area contributed by atoms with Gasteiger partial charge in [-0.25, -0.2) is 14.4 Å². The summed E-state index contributed by atoms with van der Waals surface area (Å²) in [7, 11) is 0. The number of carbonyl (C=O) groups excluding carboxylic acids is 1. The van der Waals surface area contributed by atoms with Crippen molar-refractivity contribution in [2.45, 2.75) is 39.2 Å². The minimum atomic E-state index is -0.740. The number of aromatic nitrogens is 2. The Bertz CT molecular complexity index is 898. The van der Waals surface area contributed by atoms with Gasteiger partial charge in [0.2, 0.25) is 0 Å². The molecule has 1 aromatic heterocycles. The molecule has 1 aliphatic rings. The highest BCUT2D eigenvalue weighted by atomic mass is 19.1. The quantitative estimate of drug-likeness (QED) is 0.317. The fourth-order valence-electron chi connectivity index (χ4n) is 4.00. The smallest absolute Gasteiger partial charge is 0.312 e. The molecule has 146 valence electrons. The lowest BCUT2D eigenvalue weighted by Crippen LogP contribution is -2.33. The predicted molar refractivity (Wildman–Crippen MR) is 102 cm³/mol. The van der Waals surface area contributed by atoms with Crippen molar-refractivity contribution < 1.29 is 13.9 Å². The fraction of sp³-hybridized carbons (Fsp3) is 0.450. The maximum atomic E-state index is 13.1. The lowest BCUT2D eigenvalue weighted by molar-refractivity contribution is -0.155. The van der Waals surface area contributed by atoms with Gasteiger partial charge in [0, 0.05) is 16.5 Å². The second-order valence-corrected chi connectivity index (χ2v) is 7.26. The Morgan fingerprint density at radius 3 is 2.82 bits per heavy atom. The number of hydrogen-bond acceptors (Lipinski definition) is 5. The fourth-order valence-corrected chi connectivity index (χ4v) is 4.00. The average molecular weight is 383 g/mol. The van der Waals surface area contributed by atoms with Crippen molar-refractivity contribution >= 4 is 5.97 Å². The average Bonchev–Trinajstić information content (AvgIpc) is 2.99. The van der Waals surface area contributed by atoms with Crippen molar-refractivity contribution in [2.24, 2.45) is 16.4 Å². The van der Waals surface area contributed by atoms with Crippen molar-refractivity contribution in [3.05, 3.63) is 58.5 Å². The normalized spacial score (nSPS) is 23.8. The van der Waals surface area contributed by atoms with Crippen LogP contribution in [0.25, 0.3) is 21.8 Å². The highest BCUT2D eigenvalue weighted by molar-refractivity contribution is 5.78. The number of nitrogens with zero attached hydrogens (tertiary/aromatic N) is 5. The van der Waals surface area contributed by atoms with Gasteiger partial charge in [-0.15, -0.1) is 0 Å². The van der Waals surface area contributed by atoms with E-state index >= 15 is 0 Å². The number of carbonyl (C=O) groups is 1. The van der Waals surface area contributed by atoms with E-state index < -0.39 is 11.2 Å². The maximum Gasteiger partial charge on any atom is 0.312 e. The Kier molecular flexibility index (Phi) is 5.90. The Labute approximate surface area is 162 Å². The largest absolute Gasteiger partial charge is 0.466 e. The molecule has 1 aromatic carbocycles. The minimum Gasteiger partial charge on any atom is -0.466 e. The van der Waals surface area contributed by atoms with E-state index in [1.54, 1.807) is 6.92 Å². The highest BCUT2D eigenvalue weighted by Gasteiger charge is 2.49. The molecular formula is C20H22FN5O2. The van der Waals surface area contributed by atoms with E-state index in [4.69, 9.17) is 10.3 Å². The van der Waals surface area contributed by atoms with E-state index in [9.17, 15) is 9.18 Å². The summed E-state index contributed by atoms with van der Waals surface area (Å²) < 4.78 is 18.5. The molecule has 0 saturated heterocycles. The first-order valence-corrected chi connectivity index (χ1v) is 9.25. The minimum absolute atomic E-state index is 0.0870. The molecule has 3 atom stereocenters. The zero-order valence-corrected chi connectivity index (χ0v) is 15.9. The summed E-state index contributed by atoms with van der Waals surface area (Å²) in [5.41, 5.74) is 9.76. The zero-order valence-electron chi connectivity index (χ0n) is 15.9. The van der Waals surface area contributed by atoms with Gasteiger partial charge in [0.05, 0.1) is 24.4 Å². The number of halogens is 1. The number of azide groups is 1. The number of rotatable bonds is 6. The summed E-state index contributed by atoms with van der Waals surface area (Å²) in [6, 6.07) is 7.30. The highest BCUT2D eigenvalue weighted by Crippen LogP contribution is 2.47. The molecule has 7 nitrogen and oxygen atoms in total. The van der Waals surface area contributed by atoms with E-state index in [0.29, 0.717) is 31.7 Å². The first-order chi connectivity index (χ1) is 13.5. The van der Waals surface area contributed by atoms with E-state index in [2.05, 4.69) is 20.0 Å². The van der Waals surface area contributed by atoms with Gasteiger partial charge in [-0.05, 0) is 49.3 Å². The van der Waals surface area contributed by atoms with Gasteiger partial charge in [0.25, 0.3) is 0 Å². The van der Waals surface area contributed by atoms with Crippen LogP contribution in [0.2, 0.25) is 0 Å². The third-order valence-electron chi connectivity index (χ3n) is 5.23. The van der Waals surface area contributed by atoms with Crippen LogP contribution < -0.4 is 0 Å². The predicted octanol–water partition coefficient (Wildman–Crippen LogP) is 4.48. The van der Waals surface area contributed by atoms with Crippen molar-refractivity contribution in [1.82, 2.24) is 9.97 Å². The summed E-state index contributed by atoms with van der Waals surface area (Å²) in [4.78, 5) is 23.8. The molecule has 1 heterocycles. The number of hydrogen-bond donors (Lipinski definition) is 0. The van der Waals surface area contributed by atoms with E-state index in [-0.39, 0.29) is 17.9 Å². The van der Waals surface area contributed by atoms with Gasteiger partial charge >= 0.3 is 5.97 Å². The van der Waals surface area contributed by atoms with Crippen LogP contribution >= 0.6 is 0 Å². The molecular weight excluding hydrogens is 361 g/mol. The number of ether oxygens (including phenoxy) is 1. The second kappa shape index (κ2) is 8.35. The molecule has 2 aromatic rings. The molecule has 1 aliphatic carbocycles. The van der Waals surface area contributed by atoms with Gasteiger partial charge in [0.1, 0.15) is 0 Å². The summed E-state index contributed by atoms with van der Waals surface area (Å²) in [5, 5.41) is 3.87. The SMILES string of the molecule is CCOC(=O)[C@@]1(Cc2cccc(-c3ncc(F)cn3)c2)C[C@@H](C)[C@H](N=[N+]=[N-])C1. The standard InChI is InChI=1S/C20H22FN5O2/c1-3-28-19(27)20(8-13(2)17(10-20)25-26-22)9-14-5-4-6-15(7-14)18-23-11-16(21)12-24-18/h4-7,11-13,17H,3,8-10H2,1-2H3/t13-,17-,20-/m1/s1. The van der Waals surface area contributed by atoms with Crippen LogP contribution in [0, 0.1) is 17.2 Å². The van der Waals surface area contributed by atoms with Gasteiger partial charge in [-0.2, -0.15) is 0 Å². The van der Waals surface area contributed by atoms with Gasteiger partial charge in [-0.3, -0.25) is 4.79 Å². The lowest BCUT2D eigenvalue weighted by Gasteiger charge is -2.27. The molecule has 28 heavy (non-hydrogen) atoms. The summed E-state index contributed by atoms with van der Waals surface area (Å²) in [6.07, 6.45) is 3.75. The van der Waals surface area contributed by atoms with Crippen LogP contribution in [0.3, 0.4) is 0 Å². The second-order valence-electron chi connectivity index (χ2n) is 7.26. The first kappa shape index (κ1) is 19.8. The Morgan fingerprint density at radius 2 is 2.14 bits per heavy atom. The Balaban J connectivity index is 1.91. The van der Waals surface area contributed by atoms with Crippen molar-refractivity contribution in [2.75, 3.05) is 6.61 Å². The molecule has 8 heteroatoms. The maximum absolute atomic E-state index is 13.1. The van der Waals surface area contributed by atoms with Crippen LogP contribution in [0.15, 0.2) is 41.8 Å². The van der Waals surface area contributed by atoms with E-state index in [1.165, 1.54) is 0 Å². The van der Waals surface area contributed by atoms with Crippen molar-refractivity contribution in [3.8, 4) is 11.4 Å². The topological polar surface area (TPSA) is 101 Å². The number of esters is 1. The van der Waals surface area contributed by atoms with Gasteiger partial charge < -0.3 is 4.74 Å². The molecule has 0 N–H and O–H groups in total. The van der Waals surface area contributed by atoms with Crippen LogP contribution in [-0.4, -0.2) is 28.6 Å². The van der Waals surface area contributed by atoms with E-state index in [0.717, 1.165) is 23.5 Å². The lowest BCUT2D eigenvalue weighted by atomic mass is 9.79. The van der Waals surface area contributed by atoms with Gasteiger partial charge in [0.15, 0.2) is 11.6 Å². The van der Waals surface area contributed by atoms with Crippen molar-refractivity contribution in [3.63, 3.8) is 0 Å². The first-order valence-electron chi connectivity index (χ1n) is 9.25. The Hall–Kier alpha value is -2.99. The molecule has 0 bridgehead atoms. The molecule has 0 spiro atoms. The Morgan fingerprint density at radius 1 is 1.39 bits per heavy atom. The molecule has 0 radical (unpaired) electrons.